The summed E-state index contributed by atoms with van der Waals surface area (Å²) in [6.45, 7) is 10.4. The summed E-state index contributed by atoms with van der Waals surface area (Å²) in [5.41, 5.74) is 8.19. The minimum atomic E-state index is 0.769. The van der Waals surface area contributed by atoms with E-state index >= 15 is 0 Å². The fourth-order valence-electron chi connectivity index (χ4n) is 4.39. The zero-order chi connectivity index (χ0) is 19.4. The van der Waals surface area contributed by atoms with Crippen molar-refractivity contribution in [3.8, 4) is 0 Å². The van der Waals surface area contributed by atoms with Gasteiger partial charge in [0.25, 0.3) is 0 Å². The molecule has 1 aromatic carbocycles. The first kappa shape index (κ1) is 19.9. The first-order valence-corrected chi connectivity index (χ1v) is 10.1. The summed E-state index contributed by atoms with van der Waals surface area (Å²) in [5, 5.41) is 8.38. The van der Waals surface area contributed by atoms with Gasteiger partial charge in [-0.3, -0.25) is 4.68 Å². The summed E-state index contributed by atoms with van der Waals surface area (Å²) >= 11 is 0. The Bertz CT molecular complexity index is 758. The van der Waals surface area contributed by atoms with E-state index in [0.717, 1.165) is 45.5 Å². The fraction of sp³-hybridized carbons (Fsp3) is 0.591. The summed E-state index contributed by atoms with van der Waals surface area (Å²) < 4.78 is 7.19. The number of hydrogen-bond donors (Lipinski definition) is 1. The summed E-state index contributed by atoms with van der Waals surface area (Å²) in [4.78, 5) is 2.45. The number of hydrogen-bond acceptors (Lipinski definition) is 4. The van der Waals surface area contributed by atoms with Gasteiger partial charge in [0.1, 0.15) is 0 Å². The number of ether oxygens (including phenoxy) is 1. The molecular formula is C22H34N4O. The SMILES string of the molecule is COCCNCCCc1c2c(nn1C)N(c1c(C)cc(C)cc1C)CCC2. The van der Waals surface area contributed by atoms with Gasteiger partial charge in [0.2, 0.25) is 0 Å². The van der Waals surface area contributed by atoms with Crippen LogP contribution >= 0.6 is 0 Å². The van der Waals surface area contributed by atoms with E-state index in [1.807, 2.05) is 0 Å². The molecule has 5 heteroatoms. The van der Waals surface area contributed by atoms with Gasteiger partial charge in [-0.15, -0.1) is 0 Å². The molecule has 0 amide bonds. The molecule has 0 bridgehead atoms. The van der Waals surface area contributed by atoms with Crippen molar-refractivity contribution < 1.29 is 4.74 Å². The molecular weight excluding hydrogens is 336 g/mol. The van der Waals surface area contributed by atoms with E-state index in [0.29, 0.717) is 0 Å². The molecule has 0 saturated heterocycles. The number of benzene rings is 1. The van der Waals surface area contributed by atoms with E-state index in [9.17, 15) is 0 Å². The van der Waals surface area contributed by atoms with E-state index in [4.69, 9.17) is 9.84 Å². The Hall–Kier alpha value is -1.85. The number of aromatic nitrogens is 2. The Kier molecular flexibility index (Phi) is 6.55. The fourth-order valence-corrected chi connectivity index (χ4v) is 4.39. The molecule has 2 aromatic rings. The smallest absolute Gasteiger partial charge is 0.158 e. The zero-order valence-electron chi connectivity index (χ0n) is 17.6. The lowest BCUT2D eigenvalue weighted by Crippen LogP contribution is -2.26. The second kappa shape index (κ2) is 8.89. The van der Waals surface area contributed by atoms with Crippen LogP contribution in [0.2, 0.25) is 0 Å². The molecule has 0 atom stereocenters. The predicted octanol–water partition coefficient (Wildman–Crippen LogP) is 3.60. The average Bonchev–Trinajstić information content (AvgIpc) is 2.93. The molecule has 0 radical (unpaired) electrons. The standard InChI is InChI=1S/C22H34N4O/c1-16-14-17(2)21(18(3)15-16)26-12-7-8-19-20(25(4)24-22(19)26)9-6-10-23-11-13-27-5/h14-15,23H,6-13H2,1-5H3. The second-order valence-electron chi connectivity index (χ2n) is 7.72. The first-order chi connectivity index (χ1) is 13.0. The molecule has 1 N–H and O–H groups in total. The lowest BCUT2D eigenvalue weighted by Gasteiger charge is -2.31. The first-order valence-electron chi connectivity index (χ1n) is 10.1. The number of nitrogens with zero attached hydrogens (tertiary/aromatic N) is 3. The van der Waals surface area contributed by atoms with Crippen LogP contribution in [-0.2, 0) is 24.6 Å². The number of rotatable bonds is 8. The van der Waals surface area contributed by atoms with Gasteiger partial charge in [-0.25, -0.2) is 0 Å². The summed E-state index contributed by atoms with van der Waals surface area (Å²) in [6.07, 6.45) is 4.51. The molecule has 0 aliphatic carbocycles. The quantitative estimate of drug-likeness (QED) is 0.721. The van der Waals surface area contributed by atoms with Crippen LogP contribution in [0.5, 0.6) is 0 Å². The summed E-state index contributed by atoms with van der Waals surface area (Å²) in [7, 11) is 3.84. The highest BCUT2D eigenvalue weighted by Gasteiger charge is 2.27. The van der Waals surface area contributed by atoms with Crippen LogP contribution in [-0.4, -0.2) is 43.1 Å². The van der Waals surface area contributed by atoms with Crippen molar-refractivity contribution in [3.63, 3.8) is 0 Å². The number of methoxy groups -OCH3 is 1. The van der Waals surface area contributed by atoms with Gasteiger partial charge in [-0.2, -0.15) is 5.10 Å². The second-order valence-corrected chi connectivity index (χ2v) is 7.72. The summed E-state index contributed by atoms with van der Waals surface area (Å²) in [5.74, 6) is 1.17. The molecule has 0 saturated carbocycles. The molecule has 1 aromatic heterocycles. The third-order valence-corrected chi connectivity index (χ3v) is 5.47. The van der Waals surface area contributed by atoms with Crippen molar-refractivity contribution >= 4 is 11.5 Å². The normalized spacial score (nSPS) is 13.9. The van der Waals surface area contributed by atoms with Crippen molar-refractivity contribution in [2.75, 3.05) is 38.3 Å². The lowest BCUT2D eigenvalue weighted by atomic mass is 9.98. The molecule has 27 heavy (non-hydrogen) atoms. The van der Waals surface area contributed by atoms with Gasteiger partial charge < -0.3 is 15.0 Å². The molecule has 0 spiro atoms. The van der Waals surface area contributed by atoms with Gasteiger partial charge in [0.05, 0.1) is 6.61 Å². The Labute approximate surface area is 163 Å². The van der Waals surface area contributed by atoms with E-state index in [1.165, 1.54) is 45.9 Å². The van der Waals surface area contributed by atoms with Crippen molar-refractivity contribution in [1.29, 1.82) is 0 Å². The average molecular weight is 371 g/mol. The Morgan fingerprint density at radius 3 is 2.59 bits per heavy atom. The Morgan fingerprint density at radius 1 is 1.15 bits per heavy atom. The summed E-state index contributed by atoms with van der Waals surface area (Å²) in [6, 6.07) is 4.57. The van der Waals surface area contributed by atoms with Gasteiger partial charge in [-0.1, -0.05) is 17.7 Å². The minimum Gasteiger partial charge on any atom is -0.383 e. The van der Waals surface area contributed by atoms with Crippen molar-refractivity contribution in [2.24, 2.45) is 7.05 Å². The molecule has 5 nitrogen and oxygen atoms in total. The highest BCUT2D eigenvalue weighted by molar-refractivity contribution is 5.71. The van der Waals surface area contributed by atoms with Gasteiger partial charge in [-0.05, 0) is 64.1 Å². The van der Waals surface area contributed by atoms with Crippen molar-refractivity contribution in [1.82, 2.24) is 15.1 Å². The number of fused-ring (bicyclic) bond motifs is 1. The predicted molar refractivity (Wildman–Crippen MR) is 112 cm³/mol. The van der Waals surface area contributed by atoms with Crippen LogP contribution < -0.4 is 10.2 Å². The largest absolute Gasteiger partial charge is 0.383 e. The van der Waals surface area contributed by atoms with Crippen LogP contribution in [0.4, 0.5) is 11.5 Å². The van der Waals surface area contributed by atoms with Gasteiger partial charge in [0, 0.05) is 44.2 Å². The number of nitrogens with one attached hydrogen (secondary N) is 1. The number of anilines is 2. The lowest BCUT2D eigenvalue weighted by molar-refractivity contribution is 0.199. The maximum absolute atomic E-state index is 5.09. The highest BCUT2D eigenvalue weighted by atomic mass is 16.5. The highest BCUT2D eigenvalue weighted by Crippen LogP contribution is 2.38. The maximum atomic E-state index is 5.09. The van der Waals surface area contributed by atoms with Crippen LogP contribution in [0.25, 0.3) is 0 Å². The maximum Gasteiger partial charge on any atom is 0.158 e. The Morgan fingerprint density at radius 2 is 1.89 bits per heavy atom. The van der Waals surface area contributed by atoms with Crippen molar-refractivity contribution in [2.45, 2.75) is 46.5 Å². The van der Waals surface area contributed by atoms with E-state index in [2.05, 4.69) is 54.9 Å². The third-order valence-electron chi connectivity index (χ3n) is 5.47. The molecule has 0 unspecified atom stereocenters. The zero-order valence-corrected chi connectivity index (χ0v) is 17.6. The Balaban J connectivity index is 1.79. The minimum absolute atomic E-state index is 0.769. The van der Waals surface area contributed by atoms with E-state index in [1.54, 1.807) is 7.11 Å². The topological polar surface area (TPSA) is 42.3 Å². The molecule has 3 rings (SSSR count). The molecule has 2 heterocycles. The van der Waals surface area contributed by atoms with Crippen LogP contribution in [0, 0.1) is 20.8 Å². The van der Waals surface area contributed by atoms with Gasteiger partial charge in [0.15, 0.2) is 5.82 Å². The van der Waals surface area contributed by atoms with E-state index < -0.39 is 0 Å². The molecule has 1 aliphatic heterocycles. The van der Waals surface area contributed by atoms with Crippen LogP contribution in [0.3, 0.4) is 0 Å². The van der Waals surface area contributed by atoms with Crippen molar-refractivity contribution in [3.05, 3.63) is 40.1 Å². The van der Waals surface area contributed by atoms with Gasteiger partial charge >= 0.3 is 0 Å². The molecule has 1 aliphatic rings. The van der Waals surface area contributed by atoms with Crippen LogP contribution in [0.1, 0.15) is 40.8 Å². The third kappa shape index (κ3) is 4.36. The van der Waals surface area contributed by atoms with E-state index in [-0.39, 0.29) is 0 Å². The molecule has 0 fully saturated rings. The van der Waals surface area contributed by atoms with Crippen LogP contribution in [0.15, 0.2) is 12.1 Å². The molecule has 148 valence electrons. The monoisotopic (exact) mass is 370 g/mol. The number of aryl methyl sites for hydroxylation is 4.